The van der Waals surface area contributed by atoms with E-state index < -0.39 is 18.3 Å². The molecule has 0 atom stereocenters. The summed E-state index contributed by atoms with van der Waals surface area (Å²) >= 11 is 0. The summed E-state index contributed by atoms with van der Waals surface area (Å²) in [4.78, 5) is 1.80. The molecule has 0 fully saturated rings. The molecule has 1 rings (SSSR count). The third kappa shape index (κ3) is 4.42. The molecule has 0 unspecified atom stereocenters. The Morgan fingerprint density at radius 2 is 1.89 bits per heavy atom. The van der Waals surface area contributed by atoms with Crippen molar-refractivity contribution in [1.82, 2.24) is 0 Å². The van der Waals surface area contributed by atoms with Crippen molar-refractivity contribution in [1.29, 1.82) is 0 Å². The number of aliphatic hydroxyl groups is 1. The molecule has 0 aromatic heterocycles. The minimum Gasteiger partial charge on any atom is -0.392 e. The van der Waals surface area contributed by atoms with E-state index >= 15 is 0 Å². The van der Waals surface area contributed by atoms with Gasteiger partial charge in [0.15, 0.2) is 0 Å². The Bertz CT molecular complexity index is 416. The van der Waals surface area contributed by atoms with Crippen molar-refractivity contribution >= 4 is 5.69 Å². The number of aliphatic hydroxyl groups excluding tert-OH is 1. The first kappa shape index (κ1) is 15.8. The van der Waals surface area contributed by atoms with Crippen molar-refractivity contribution in [3.8, 4) is 0 Å². The van der Waals surface area contributed by atoms with Gasteiger partial charge in [-0.25, -0.2) is 0 Å². The van der Waals surface area contributed by atoms with Crippen LogP contribution >= 0.6 is 0 Å². The molecule has 0 saturated heterocycles. The first-order chi connectivity index (χ1) is 8.75. The van der Waals surface area contributed by atoms with Gasteiger partial charge in [-0.15, -0.1) is 0 Å². The second-order valence-corrected chi connectivity index (χ2v) is 5.10. The van der Waals surface area contributed by atoms with E-state index in [-0.39, 0.29) is 5.56 Å². The van der Waals surface area contributed by atoms with Crippen molar-refractivity contribution in [2.45, 2.75) is 33.1 Å². The normalized spacial score (nSPS) is 12.0. The van der Waals surface area contributed by atoms with Gasteiger partial charge in [-0.3, -0.25) is 0 Å². The van der Waals surface area contributed by atoms with Crippen molar-refractivity contribution in [3.63, 3.8) is 0 Å². The maximum absolute atomic E-state index is 12.9. The molecule has 1 aromatic carbocycles. The number of benzene rings is 1. The Balaban J connectivity index is 2.98. The lowest BCUT2D eigenvalue weighted by Gasteiger charge is -2.22. The molecule has 0 bridgehead atoms. The van der Waals surface area contributed by atoms with Crippen LogP contribution in [0.3, 0.4) is 0 Å². The van der Waals surface area contributed by atoms with Crippen molar-refractivity contribution in [2.75, 3.05) is 18.5 Å². The van der Waals surface area contributed by atoms with Gasteiger partial charge in [0.1, 0.15) is 0 Å². The number of hydrogen-bond donors (Lipinski definition) is 1. The number of alkyl halides is 3. The highest BCUT2D eigenvalue weighted by Crippen LogP contribution is 2.34. The highest BCUT2D eigenvalue weighted by atomic mass is 19.4. The van der Waals surface area contributed by atoms with Crippen molar-refractivity contribution in [2.24, 2.45) is 5.92 Å². The molecule has 108 valence electrons. The lowest BCUT2D eigenvalue weighted by Crippen LogP contribution is -2.21. The van der Waals surface area contributed by atoms with Crippen molar-refractivity contribution in [3.05, 3.63) is 29.3 Å². The number of hydrogen-bond acceptors (Lipinski definition) is 2. The van der Waals surface area contributed by atoms with Gasteiger partial charge in [-0.2, -0.15) is 13.2 Å². The topological polar surface area (TPSA) is 23.5 Å². The highest BCUT2D eigenvalue weighted by Gasteiger charge is 2.33. The average molecular weight is 275 g/mol. The van der Waals surface area contributed by atoms with Crippen LogP contribution in [0.15, 0.2) is 18.2 Å². The lowest BCUT2D eigenvalue weighted by atomic mass is 10.1. The van der Waals surface area contributed by atoms with E-state index in [1.54, 1.807) is 18.0 Å². The second-order valence-electron chi connectivity index (χ2n) is 5.10. The summed E-state index contributed by atoms with van der Waals surface area (Å²) < 4.78 is 38.6. The second kappa shape index (κ2) is 6.28. The summed E-state index contributed by atoms with van der Waals surface area (Å²) in [5.74, 6) is 0.501. The molecule has 0 saturated carbocycles. The average Bonchev–Trinajstić information content (AvgIpc) is 2.34. The summed E-state index contributed by atoms with van der Waals surface area (Å²) in [6, 6.07) is 4.05. The summed E-state index contributed by atoms with van der Waals surface area (Å²) in [7, 11) is 1.77. The van der Waals surface area contributed by atoms with Crippen LogP contribution < -0.4 is 4.90 Å². The van der Waals surface area contributed by atoms with E-state index in [1.807, 2.05) is 0 Å². The Hall–Kier alpha value is -1.23. The van der Waals surface area contributed by atoms with Crippen molar-refractivity contribution < 1.29 is 18.3 Å². The molecular formula is C14H20F3NO. The molecule has 0 amide bonds. The highest BCUT2D eigenvalue weighted by molar-refractivity contribution is 5.51. The molecule has 19 heavy (non-hydrogen) atoms. The van der Waals surface area contributed by atoms with Gasteiger partial charge in [-0.1, -0.05) is 19.9 Å². The maximum atomic E-state index is 12.9. The molecule has 0 heterocycles. The van der Waals surface area contributed by atoms with Crippen LogP contribution in [0, 0.1) is 5.92 Å². The van der Waals surface area contributed by atoms with E-state index in [9.17, 15) is 13.2 Å². The molecule has 0 radical (unpaired) electrons. The standard InChI is InChI=1S/C14H20F3NO/c1-10(2)6-7-18(3)12-5-4-11(9-19)13(8-12)14(15,16)17/h4-5,8,10,19H,6-7,9H2,1-3H3. The zero-order valence-corrected chi connectivity index (χ0v) is 11.5. The zero-order valence-electron chi connectivity index (χ0n) is 11.5. The van der Waals surface area contributed by atoms with E-state index in [0.717, 1.165) is 12.5 Å². The van der Waals surface area contributed by atoms with Gasteiger partial charge in [0.2, 0.25) is 0 Å². The predicted octanol–water partition coefficient (Wildman–Crippen LogP) is 3.68. The maximum Gasteiger partial charge on any atom is 0.416 e. The molecule has 0 spiro atoms. The molecule has 1 aromatic rings. The molecule has 1 N–H and O–H groups in total. The van der Waals surface area contributed by atoms with Crippen LogP contribution in [-0.2, 0) is 12.8 Å². The quantitative estimate of drug-likeness (QED) is 0.886. The minimum atomic E-state index is -4.44. The molecule has 0 aliphatic carbocycles. The lowest BCUT2D eigenvalue weighted by molar-refractivity contribution is -0.138. The van der Waals surface area contributed by atoms with E-state index in [0.29, 0.717) is 18.2 Å². The van der Waals surface area contributed by atoms with Crippen LogP contribution in [0.2, 0.25) is 0 Å². The van der Waals surface area contributed by atoms with Gasteiger partial charge in [0.05, 0.1) is 12.2 Å². The molecule has 2 nitrogen and oxygen atoms in total. The fourth-order valence-corrected chi connectivity index (χ4v) is 1.78. The van der Waals surface area contributed by atoms with Crippen LogP contribution in [0.25, 0.3) is 0 Å². The van der Waals surface area contributed by atoms with Gasteiger partial charge < -0.3 is 10.0 Å². The number of rotatable bonds is 5. The minimum absolute atomic E-state index is 0.0893. The summed E-state index contributed by atoms with van der Waals surface area (Å²) in [5, 5.41) is 8.97. The molecular weight excluding hydrogens is 255 g/mol. The summed E-state index contributed by atoms with van der Waals surface area (Å²) in [6.45, 7) is 4.24. The van der Waals surface area contributed by atoms with E-state index in [2.05, 4.69) is 13.8 Å². The van der Waals surface area contributed by atoms with Crippen LogP contribution in [0.5, 0.6) is 0 Å². The zero-order chi connectivity index (χ0) is 14.6. The number of anilines is 1. The van der Waals surface area contributed by atoms with Gasteiger partial charge >= 0.3 is 6.18 Å². The third-order valence-corrected chi connectivity index (χ3v) is 3.05. The Labute approximate surface area is 111 Å². The predicted molar refractivity (Wildman–Crippen MR) is 70.1 cm³/mol. The molecule has 0 aliphatic rings. The van der Waals surface area contributed by atoms with Crippen LogP contribution in [-0.4, -0.2) is 18.7 Å². The van der Waals surface area contributed by atoms with Gasteiger partial charge in [0.25, 0.3) is 0 Å². The van der Waals surface area contributed by atoms with Crippen LogP contribution in [0.4, 0.5) is 18.9 Å². The first-order valence-electron chi connectivity index (χ1n) is 6.27. The summed E-state index contributed by atoms with van der Waals surface area (Å²) in [6.07, 6.45) is -3.52. The SMILES string of the molecule is CC(C)CCN(C)c1ccc(CO)c(C(F)(F)F)c1. The van der Waals surface area contributed by atoms with Gasteiger partial charge in [-0.05, 0) is 30.0 Å². The number of nitrogens with zero attached hydrogens (tertiary/aromatic N) is 1. The Morgan fingerprint density at radius 3 is 2.37 bits per heavy atom. The number of halogens is 3. The fourth-order valence-electron chi connectivity index (χ4n) is 1.78. The van der Waals surface area contributed by atoms with E-state index in [1.165, 1.54) is 6.07 Å². The monoisotopic (exact) mass is 275 g/mol. The Kier molecular flexibility index (Phi) is 5.23. The third-order valence-electron chi connectivity index (χ3n) is 3.05. The first-order valence-corrected chi connectivity index (χ1v) is 6.27. The largest absolute Gasteiger partial charge is 0.416 e. The molecule has 5 heteroatoms. The summed E-state index contributed by atoms with van der Waals surface area (Å²) in [5.41, 5.74) is -0.331. The van der Waals surface area contributed by atoms with E-state index in [4.69, 9.17) is 5.11 Å². The fraction of sp³-hybridized carbons (Fsp3) is 0.571. The van der Waals surface area contributed by atoms with Gasteiger partial charge in [0, 0.05) is 19.3 Å². The van der Waals surface area contributed by atoms with Crippen LogP contribution in [0.1, 0.15) is 31.4 Å². The Morgan fingerprint density at radius 1 is 1.26 bits per heavy atom. The molecule has 0 aliphatic heterocycles. The smallest absolute Gasteiger partial charge is 0.392 e.